The number of carbonyl (C=O) groups is 1. The number of halogens is 1. The summed E-state index contributed by atoms with van der Waals surface area (Å²) in [5.41, 5.74) is 0.872. The molecule has 5 nitrogen and oxygen atoms in total. The molecule has 0 radical (unpaired) electrons. The van der Waals surface area contributed by atoms with Crippen molar-refractivity contribution in [2.45, 2.75) is 6.92 Å². The first kappa shape index (κ1) is 15.4. The van der Waals surface area contributed by atoms with Crippen LogP contribution in [-0.4, -0.2) is 10.9 Å². The predicted octanol–water partition coefficient (Wildman–Crippen LogP) is 3.66. The van der Waals surface area contributed by atoms with Gasteiger partial charge in [0.05, 0.1) is 4.92 Å². The molecule has 0 heterocycles. The molecule has 0 saturated carbocycles. The van der Waals surface area contributed by atoms with Crippen molar-refractivity contribution in [1.82, 2.24) is 0 Å². The fraction of sp³-hybridized carbons (Fsp3) is 0.0625. The molecule has 112 valence electrons. The van der Waals surface area contributed by atoms with E-state index in [0.717, 1.165) is 6.08 Å². The zero-order chi connectivity index (χ0) is 16.1. The first-order chi connectivity index (χ1) is 10.5. The first-order valence-corrected chi connectivity index (χ1v) is 6.36. The Hall–Kier alpha value is -3.02. The van der Waals surface area contributed by atoms with Gasteiger partial charge < -0.3 is 4.74 Å². The molecule has 0 saturated heterocycles. The Kier molecular flexibility index (Phi) is 4.63. The topological polar surface area (TPSA) is 69.4 Å². The monoisotopic (exact) mass is 301 g/mol. The van der Waals surface area contributed by atoms with Crippen LogP contribution in [0.2, 0.25) is 0 Å². The van der Waals surface area contributed by atoms with Gasteiger partial charge in [0, 0.05) is 17.7 Å². The number of nitrogens with zero attached hydrogens (tertiary/aromatic N) is 1. The zero-order valence-corrected chi connectivity index (χ0v) is 11.7. The number of ether oxygens (including phenoxy) is 1. The van der Waals surface area contributed by atoms with E-state index in [2.05, 4.69) is 0 Å². The van der Waals surface area contributed by atoms with Crippen molar-refractivity contribution >= 4 is 17.7 Å². The summed E-state index contributed by atoms with van der Waals surface area (Å²) in [6.45, 7) is 1.55. The molecular formula is C16H12FNO4. The Balaban J connectivity index is 2.06. The Bertz CT molecular complexity index is 756. The maximum Gasteiger partial charge on any atom is 0.336 e. The lowest BCUT2D eigenvalue weighted by molar-refractivity contribution is -0.385. The molecule has 0 unspecified atom stereocenters. The Morgan fingerprint density at radius 3 is 2.68 bits per heavy atom. The lowest BCUT2D eigenvalue weighted by Gasteiger charge is -2.03. The van der Waals surface area contributed by atoms with E-state index < -0.39 is 16.7 Å². The highest BCUT2D eigenvalue weighted by molar-refractivity contribution is 5.88. The number of hydrogen-bond acceptors (Lipinski definition) is 4. The number of rotatable bonds is 4. The van der Waals surface area contributed by atoms with Crippen LogP contribution >= 0.6 is 0 Å². The van der Waals surface area contributed by atoms with Gasteiger partial charge in [0.15, 0.2) is 0 Å². The van der Waals surface area contributed by atoms with E-state index in [1.54, 1.807) is 13.0 Å². The van der Waals surface area contributed by atoms with Gasteiger partial charge in [0.1, 0.15) is 11.6 Å². The van der Waals surface area contributed by atoms with E-state index in [0.29, 0.717) is 11.1 Å². The summed E-state index contributed by atoms with van der Waals surface area (Å²) >= 11 is 0. The van der Waals surface area contributed by atoms with Gasteiger partial charge in [0.25, 0.3) is 5.69 Å². The van der Waals surface area contributed by atoms with Gasteiger partial charge in [-0.3, -0.25) is 10.1 Å². The second-order valence-corrected chi connectivity index (χ2v) is 4.51. The van der Waals surface area contributed by atoms with E-state index in [4.69, 9.17) is 4.74 Å². The summed E-state index contributed by atoms with van der Waals surface area (Å²) in [6, 6.07) is 9.78. The van der Waals surface area contributed by atoms with Gasteiger partial charge >= 0.3 is 5.97 Å². The second-order valence-electron chi connectivity index (χ2n) is 4.51. The van der Waals surface area contributed by atoms with Crippen LogP contribution in [0.4, 0.5) is 10.1 Å². The van der Waals surface area contributed by atoms with Gasteiger partial charge in [0.2, 0.25) is 0 Å². The van der Waals surface area contributed by atoms with Crippen molar-refractivity contribution in [2.75, 3.05) is 0 Å². The van der Waals surface area contributed by atoms with E-state index >= 15 is 0 Å². The van der Waals surface area contributed by atoms with Crippen molar-refractivity contribution in [3.63, 3.8) is 0 Å². The molecule has 2 rings (SSSR count). The summed E-state index contributed by atoms with van der Waals surface area (Å²) in [4.78, 5) is 21.9. The van der Waals surface area contributed by atoms with Crippen LogP contribution in [-0.2, 0) is 4.79 Å². The van der Waals surface area contributed by atoms with Crippen LogP contribution in [0.3, 0.4) is 0 Å². The van der Waals surface area contributed by atoms with Crippen molar-refractivity contribution < 1.29 is 18.8 Å². The van der Waals surface area contributed by atoms with E-state index in [9.17, 15) is 19.3 Å². The fourth-order valence-electron chi connectivity index (χ4n) is 1.82. The molecule has 2 aromatic rings. The molecule has 0 spiro atoms. The molecule has 0 amide bonds. The zero-order valence-electron chi connectivity index (χ0n) is 11.7. The minimum Gasteiger partial charge on any atom is -0.423 e. The SMILES string of the molecule is Cc1cc(OC(=O)C=Cc2cccc(F)c2)ccc1[N+](=O)[O-]. The fourth-order valence-corrected chi connectivity index (χ4v) is 1.82. The van der Waals surface area contributed by atoms with Gasteiger partial charge in [-0.05, 0) is 42.8 Å². The lowest BCUT2D eigenvalue weighted by atomic mass is 10.2. The highest BCUT2D eigenvalue weighted by Crippen LogP contribution is 2.23. The molecule has 2 aromatic carbocycles. The van der Waals surface area contributed by atoms with Gasteiger partial charge in [-0.15, -0.1) is 0 Å². The molecular weight excluding hydrogens is 289 g/mol. The normalized spacial score (nSPS) is 10.6. The third-order valence-corrected chi connectivity index (χ3v) is 2.84. The summed E-state index contributed by atoms with van der Waals surface area (Å²) in [5, 5.41) is 10.7. The number of carbonyl (C=O) groups excluding carboxylic acids is 1. The molecule has 0 aromatic heterocycles. The molecule has 0 bridgehead atoms. The average Bonchev–Trinajstić information content (AvgIpc) is 2.45. The van der Waals surface area contributed by atoms with Crippen molar-refractivity contribution in [3.8, 4) is 5.75 Å². The molecule has 6 heteroatoms. The minimum atomic E-state index is -0.655. The summed E-state index contributed by atoms with van der Waals surface area (Å²) in [6.07, 6.45) is 2.58. The highest BCUT2D eigenvalue weighted by atomic mass is 19.1. The van der Waals surface area contributed by atoms with Gasteiger partial charge in [-0.1, -0.05) is 12.1 Å². The summed E-state index contributed by atoms with van der Waals surface area (Å²) < 4.78 is 18.0. The van der Waals surface area contributed by atoms with Crippen molar-refractivity contribution in [2.24, 2.45) is 0 Å². The minimum absolute atomic E-state index is 0.0462. The average molecular weight is 301 g/mol. The third-order valence-electron chi connectivity index (χ3n) is 2.84. The predicted molar refractivity (Wildman–Crippen MR) is 78.9 cm³/mol. The standard InChI is InChI=1S/C16H12FNO4/c1-11-9-14(6-7-15(11)18(20)21)22-16(19)8-5-12-3-2-4-13(17)10-12/h2-10H,1H3. The maximum absolute atomic E-state index is 13.0. The van der Waals surface area contributed by atoms with Crippen LogP contribution in [0.15, 0.2) is 48.5 Å². The molecule has 22 heavy (non-hydrogen) atoms. The van der Waals surface area contributed by atoms with Crippen LogP contribution in [0.5, 0.6) is 5.75 Å². The molecule has 0 aliphatic heterocycles. The number of nitro benzene ring substituents is 1. The second kappa shape index (κ2) is 6.62. The Morgan fingerprint density at radius 2 is 2.05 bits per heavy atom. The lowest BCUT2D eigenvalue weighted by Crippen LogP contribution is -2.04. The highest BCUT2D eigenvalue weighted by Gasteiger charge is 2.11. The van der Waals surface area contributed by atoms with Gasteiger partial charge in [-0.2, -0.15) is 0 Å². The quantitative estimate of drug-likeness (QED) is 0.284. The molecule has 0 aliphatic rings. The number of hydrogen-bond donors (Lipinski definition) is 0. The van der Waals surface area contributed by atoms with Crippen LogP contribution in [0.25, 0.3) is 6.08 Å². The van der Waals surface area contributed by atoms with Crippen LogP contribution in [0, 0.1) is 22.9 Å². The Labute approximate surface area is 125 Å². The molecule has 0 N–H and O–H groups in total. The number of benzene rings is 2. The Morgan fingerprint density at radius 1 is 1.27 bits per heavy atom. The van der Waals surface area contributed by atoms with Crippen LogP contribution in [0.1, 0.15) is 11.1 Å². The summed E-state index contributed by atoms with van der Waals surface area (Å²) in [5.74, 6) is -0.851. The van der Waals surface area contributed by atoms with Crippen molar-refractivity contribution in [1.29, 1.82) is 0 Å². The van der Waals surface area contributed by atoms with Gasteiger partial charge in [-0.25, -0.2) is 9.18 Å². The number of esters is 1. The van der Waals surface area contributed by atoms with E-state index in [1.165, 1.54) is 42.5 Å². The van der Waals surface area contributed by atoms with E-state index in [1.807, 2.05) is 0 Å². The van der Waals surface area contributed by atoms with Crippen LogP contribution < -0.4 is 4.74 Å². The number of nitro groups is 1. The number of aryl methyl sites for hydroxylation is 1. The third kappa shape index (κ3) is 3.99. The van der Waals surface area contributed by atoms with E-state index in [-0.39, 0.29) is 11.4 Å². The summed E-state index contributed by atoms with van der Waals surface area (Å²) in [7, 11) is 0. The van der Waals surface area contributed by atoms with Crippen molar-refractivity contribution in [3.05, 3.63) is 75.6 Å². The first-order valence-electron chi connectivity index (χ1n) is 6.36. The largest absolute Gasteiger partial charge is 0.423 e. The maximum atomic E-state index is 13.0. The molecule has 0 aliphatic carbocycles. The molecule has 0 fully saturated rings. The molecule has 0 atom stereocenters. The smallest absolute Gasteiger partial charge is 0.336 e.